The molecular weight excluding hydrogens is 398 g/mol. The van der Waals surface area contributed by atoms with Gasteiger partial charge in [0.05, 0.1) is 23.8 Å². The Balaban J connectivity index is 1.54. The van der Waals surface area contributed by atoms with Crippen LogP contribution in [0.5, 0.6) is 0 Å². The maximum absolute atomic E-state index is 11.9. The number of hydrogen-bond acceptors (Lipinski definition) is 8. The van der Waals surface area contributed by atoms with Gasteiger partial charge in [0.2, 0.25) is 5.52 Å². The number of rotatable bonds is 5. The molecule has 3 aromatic carbocycles. The minimum Gasteiger partial charge on any atom is -0.378 e. The zero-order chi connectivity index (χ0) is 21.2. The molecule has 0 unspecified atom stereocenters. The monoisotopic (exact) mass is 417 g/mol. The lowest BCUT2D eigenvalue weighted by Gasteiger charge is -2.29. The number of nitro groups is 1. The molecule has 0 spiro atoms. The number of nitro benzene ring substituents is 1. The summed E-state index contributed by atoms with van der Waals surface area (Å²) in [5.74, 6) is 0. The molecular formula is C22H19N5O4. The van der Waals surface area contributed by atoms with Gasteiger partial charge in [0.1, 0.15) is 5.69 Å². The highest BCUT2D eigenvalue weighted by molar-refractivity contribution is 6.00. The van der Waals surface area contributed by atoms with E-state index in [9.17, 15) is 10.1 Å². The first-order chi connectivity index (χ1) is 15.2. The summed E-state index contributed by atoms with van der Waals surface area (Å²) in [5.41, 5.74) is 4.29. The number of aromatic nitrogens is 2. The second-order valence-electron chi connectivity index (χ2n) is 7.18. The standard InChI is InChI=1S/C22H19N5O4/c28-27(29)22-18(23-17-8-6-16(7-9-17)15-4-2-1-3-5-15)14-19(20-21(22)25-31-24-20)26-10-12-30-13-11-26/h1-9,14,23H,10-13H2. The average molecular weight is 417 g/mol. The molecule has 9 heteroatoms. The predicted octanol–water partition coefficient (Wildman–Crippen LogP) is 4.38. The zero-order valence-corrected chi connectivity index (χ0v) is 16.5. The third-order valence-electron chi connectivity index (χ3n) is 5.30. The van der Waals surface area contributed by atoms with E-state index >= 15 is 0 Å². The smallest absolute Gasteiger partial charge is 0.324 e. The van der Waals surface area contributed by atoms with E-state index in [1.54, 1.807) is 6.07 Å². The Morgan fingerprint density at radius 2 is 1.61 bits per heavy atom. The molecule has 0 atom stereocenters. The lowest BCUT2D eigenvalue weighted by molar-refractivity contribution is -0.382. The molecule has 0 bridgehead atoms. The fraction of sp³-hybridized carbons (Fsp3) is 0.182. The lowest BCUT2D eigenvalue weighted by atomic mass is 10.1. The van der Waals surface area contributed by atoms with E-state index in [-0.39, 0.29) is 11.2 Å². The molecule has 156 valence electrons. The zero-order valence-electron chi connectivity index (χ0n) is 16.5. The molecule has 1 aliphatic heterocycles. The summed E-state index contributed by atoms with van der Waals surface area (Å²) in [6, 6.07) is 19.5. The van der Waals surface area contributed by atoms with E-state index in [4.69, 9.17) is 9.37 Å². The Morgan fingerprint density at radius 3 is 2.32 bits per heavy atom. The van der Waals surface area contributed by atoms with Gasteiger partial charge in [0.25, 0.3) is 0 Å². The van der Waals surface area contributed by atoms with Crippen molar-refractivity contribution in [2.24, 2.45) is 0 Å². The van der Waals surface area contributed by atoms with Gasteiger partial charge in [-0.05, 0) is 39.6 Å². The Morgan fingerprint density at radius 1 is 0.935 bits per heavy atom. The molecule has 9 nitrogen and oxygen atoms in total. The molecule has 5 rings (SSSR count). The number of benzene rings is 3. The quantitative estimate of drug-likeness (QED) is 0.377. The van der Waals surface area contributed by atoms with Crippen LogP contribution in [0.2, 0.25) is 0 Å². The van der Waals surface area contributed by atoms with Crippen molar-refractivity contribution < 1.29 is 14.3 Å². The molecule has 1 N–H and O–H groups in total. The van der Waals surface area contributed by atoms with Gasteiger partial charge < -0.3 is 15.0 Å². The van der Waals surface area contributed by atoms with Gasteiger partial charge in [-0.3, -0.25) is 10.1 Å². The summed E-state index contributed by atoms with van der Waals surface area (Å²) in [6.45, 7) is 2.47. The Labute approximate surface area is 177 Å². The summed E-state index contributed by atoms with van der Waals surface area (Å²) in [7, 11) is 0. The van der Waals surface area contributed by atoms with E-state index in [0.29, 0.717) is 37.5 Å². The molecule has 2 heterocycles. The molecule has 0 radical (unpaired) electrons. The number of ether oxygens (including phenoxy) is 1. The summed E-state index contributed by atoms with van der Waals surface area (Å²) in [4.78, 5) is 13.5. The molecule has 4 aromatic rings. The SMILES string of the molecule is O=[N+]([O-])c1c(Nc2ccc(-c3ccccc3)cc2)cc(N2CCOCC2)c2nonc12. The van der Waals surface area contributed by atoms with Crippen LogP contribution in [0.4, 0.5) is 22.7 Å². The van der Waals surface area contributed by atoms with E-state index in [0.717, 1.165) is 22.5 Å². The first-order valence-electron chi connectivity index (χ1n) is 9.89. The van der Waals surface area contributed by atoms with Crippen molar-refractivity contribution in [3.05, 3.63) is 70.8 Å². The van der Waals surface area contributed by atoms with Gasteiger partial charge in [0.15, 0.2) is 5.52 Å². The van der Waals surface area contributed by atoms with E-state index in [2.05, 4.69) is 20.5 Å². The summed E-state index contributed by atoms with van der Waals surface area (Å²) in [5, 5.41) is 22.8. The van der Waals surface area contributed by atoms with Crippen LogP contribution in [0, 0.1) is 10.1 Å². The third kappa shape index (κ3) is 3.66. The molecule has 1 aliphatic rings. The van der Waals surface area contributed by atoms with Gasteiger partial charge in [-0.1, -0.05) is 42.5 Å². The maximum atomic E-state index is 11.9. The van der Waals surface area contributed by atoms with Crippen LogP contribution in [0.1, 0.15) is 0 Å². The normalized spacial score (nSPS) is 14.0. The molecule has 0 saturated carbocycles. The van der Waals surface area contributed by atoms with Crippen LogP contribution in [-0.2, 0) is 4.74 Å². The number of nitrogens with zero attached hydrogens (tertiary/aromatic N) is 4. The minimum absolute atomic E-state index is 0.123. The lowest BCUT2D eigenvalue weighted by Crippen LogP contribution is -2.36. The van der Waals surface area contributed by atoms with E-state index in [1.165, 1.54) is 0 Å². The van der Waals surface area contributed by atoms with Crippen molar-refractivity contribution >= 4 is 33.8 Å². The molecule has 0 amide bonds. The highest BCUT2D eigenvalue weighted by Crippen LogP contribution is 2.40. The first kappa shape index (κ1) is 19.0. The van der Waals surface area contributed by atoms with Gasteiger partial charge in [-0.2, -0.15) is 0 Å². The third-order valence-corrected chi connectivity index (χ3v) is 5.30. The average Bonchev–Trinajstić information content (AvgIpc) is 3.29. The van der Waals surface area contributed by atoms with E-state index < -0.39 is 4.92 Å². The fourth-order valence-electron chi connectivity index (χ4n) is 3.77. The van der Waals surface area contributed by atoms with Crippen LogP contribution >= 0.6 is 0 Å². The van der Waals surface area contributed by atoms with Gasteiger partial charge in [-0.25, -0.2) is 4.63 Å². The largest absolute Gasteiger partial charge is 0.378 e. The summed E-state index contributed by atoms with van der Waals surface area (Å²) >= 11 is 0. The van der Waals surface area contributed by atoms with Gasteiger partial charge >= 0.3 is 5.69 Å². The Hall–Kier alpha value is -3.98. The van der Waals surface area contributed by atoms with Crippen LogP contribution in [0.3, 0.4) is 0 Å². The highest BCUT2D eigenvalue weighted by atomic mass is 16.6. The minimum atomic E-state index is -0.462. The van der Waals surface area contributed by atoms with Crippen molar-refractivity contribution in [3.8, 4) is 11.1 Å². The van der Waals surface area contributed by atoms with Crippen molar-refractivity contribution in [1.82, 2.24) is 10.3 Å². The van der Waals surface area contributed by atoms with Crippen LogP contribution in [-0.4, -0.2) is 41.5 Å². The van der Waals surface area contributed by atoms with E-state index in [1.807, 2.05) is 54.6 Å². The van der Waals surface area contributed by atoms with Gasteiger partial charge in [0, 0.05) is 18.8 Å². The molecule has 0 aliphatic carbocycles. The number of morpholine rings is 1. The predicted molar refractivity (Wildman–Crippen MR) is 117 cm³/mol. The molecule has 31 heavy (non-hydrogen) atoms. The summed E-state index contributed by atoms with van der Waals surface area (Å²) in [6.07, 6.45) is 0. The fourth-order valence-corrected chi connectivity index (χ4v) is 3.77. The number of anilines is 3. The second-order valence-corrected chi connectivity index (χ2v) is 7.18. The van der Waals surface area contributed by atoms with Crippen LogP contribution < -0.4 is 10.2 Å². The molecule has 1 fully saturated rings. The van der Waals surface area contributed by atoms with Crippen molar-refractivity contribution in [1.29, 1.82) is 0 Å². The number of nitrogens with one attached hydrogen (secondary N) is 1. The second kappa shape index (κ2) is 8.04. The van der Waals surface area contributed by atoms with Crippen LogP contribution in [0.15, 0.2) is 65.3 Å². The molecule has 1 saturated heterocycles. The topological polar surface area (TPSA) is 107 Å². The number of fused-ring (bicyclic) bond motifs is 1. The first-order valence-corrected chi connectivity index (χ1v) is 9.89. The van der Waals surface area contributed by atoms with Gasteiger partial charge in [-0.15, -0.1) is 0 Å². The highest BCUT2D eigenvalue weighted by Gasteiger charge is 2.28. The Bertz CT molecular complexity index is 1220. The van der Waals surface area contributed by atoms with Crippen molar-refractivity contribution in [2.75, 3.05) is 36.5 Å². The van der Waals surface area contributed by atoms with Crippen molar-refractivity contribution in [3.63, 3.8) is 0 Å². The number of hydrogen-bond donors (Lipinski definition) is 1. The van der Waals surface area contributed by atoms with Crippen molar-refractivity contribution in [2.45, 2.75) is 0 Å². The Kier molecular flexibility index (Phi) is 4.93. The maximum Gasteiger partial charge on any atom is 0.324 e. The summed E-state index contributed by atoms with van der Waals surface area (Å²) < 4.78 is 10.3. The van der Waals surface area contributed by atoms with Crippen LogP contribution in [0.25, 0.3) is 22.2 Å². The molecule has 1 aromatic heterocycles.